The highest BCUT2D eigenvalue weighted by Gasteiger charge is 2.40. The number of primary amides is 1. The van der Waals surface area contributed by atoms with Crippen molar-refractivity contribution in [2.24, 2.45) is 11.7 Å². The normalized spacial score (nSPS) is 23.4. The summed E-state index contributed by atoms with van der Waals surface area (Å²) in [4.78, 5) is 23.1. The molecule has 1 aromatic heterocycles. The topological polar surface area (TPSA) is 143 Å². The third kappa shape index (κ3) is 4.58. The molecule has 4 atom stereocenters. The van der Waals surface area contributed by atoms with Crippen LogP contribution in [0.1, 0.15) is 41.7 Å². The molecule has 1 aliphatic carbocycles. The van der Waals surface area contributed by atoms with Gasteiger partial charge in [-0.05, 0) is 17.7 Å². The summed E-state index contributed by atoms with van der Waals surface area (Å²) in [5, 5.41) is 27.3. The van der Waals surface area contributed by atoms with Crippen molar-refractivity contribution in [3.05, 3.63) is 41.6 Å². The number of amides is 1. The van der Waals surface area contributed by atoms with Gasteiger partial charge in [0.1, 0.15) is 18.3 Å². The number of benzene rings is 1. The lowest BCUT2D eigenvalue weighted by molar-refractivity contribution is -0.157. The first kappa shape index (κ1) is 21.3. The van der Waals surface area contributed by atoms with E-state index in [1.807, 2.05) is 0 Å². The van der Waals surface area contributed by atoms with Gasteiger partial charge in [-0.15, -0.1) is 0 Å². The van der Waals surface area contributed by atoms with Gasteiger partial charge in [0.25, 0.3) is 5.91 Å². The summed E-state index contributed by atoms with van der Waals surface area (Å²) >= 11 is 0. The van der Waals surface area contributed by atoms with Gasteiger partial charge in [0.15, 0.2) is 5.82 Å². The Morgan fingerprint density at radius 1 is 1.40 bits per heavy atom. The second-order valence-corrected chi connectivity index (χ2v) is 7.18. The first-order valence-electron chi connectivity index (χ1n) is 9.38. The predicted molar refractivity (Wildman–Crippen MR) is 104 cm³/mol. The van der Waals surface area contributed by atoms with Crippen molar-refractivity contribution in [3.63, 3.8) is 0 Å². The molecule has 30 heavy (non-hydrogen) atoms. The van der Waals surface area contributed by atoms with Gasteiger partial charge >= 0.3 is 5.97 Å². The summed E-state index contributed by atoms with van der Waals surface area (Å²) in [7, 11) is 0. The molecule has 0 aliphatic heterocycles. The zero-order chi connectivity index (χ0) is 21.8. The van der Waals surface area contributed by atoms with Gasteiger partial charge in [0, 0.05) is 31.6 Å². The first-order chi connectivity index (χ1) is 14.3. The van der Waals surface area contributed by atoms with Crippen LogP contribution in [-0.4, -0.2) is 39.0 Å². The number of nitrogens with zero attached hydrogens (tertiary/aromatic N) is 3. The zero-order valence-corrected chi connectivity index (χ0v) is 16.3. The second kappa shape index (κ2) is 8.92. The molecule has 4 N–H and O–H groups in total. The van der Waals surface area contributed by atoms with Crippen molar-refractivity contribution < 1.29 is 23.8 Å². The van der Waals surface area contributed by atoms with Gasteiger partial charge in [0.05, 0.1) is 24.1 Å². The molecule has 10 heteroatoms. The number of esters is 1. The van der Waals surface area contributed by atoms with Gasteiger partial charge in [-0.2, -0.15) is 10.4 Å². The standard InChI is InChI=1S/C20H22FN5O4/c1-11(27)30-18-6-13(9-22)16(7-17(18)28)26-10-15(19(23)29)20(25-26)24-14-4-2-12(8-21)3-5-14/h2-5,10,13,16-18,28H,6-8H2,1H3,(H2,23,29)(H,24,25)/t13-,16+,17+,18+/m1/s1. The van der Waals surface area contributed by atoms with Crippen LogP contribution in [0.3, 0.4) is 0 Å². The fourth-order valence-corrected chi connectivity index (χ4v) is 3.55. The molecule has 0 bridgehead atoms. The van der Waals surface area contributed by atoms with Crippen molar-refractivity contribution in [1.29, 1.82) is 5.26 Å². The molecule has 2 aromatic rings. The van der Waals surface area contributed by atoms with Crippen LogP contribution in [0.5, 0.6) is 0 Å². The van der Waals surface area contributed by atoms with E-state index in [1.165, 1.54) is 17.8 Å². The van der Waals surface area contributed by atoms with E-state index in [0.717, 1.165) is 0 Å². The Hall–Kier alpha value is -3.45. The Morgan fingerprint density at radius 2 is 2.10 bits per heavy atom. The fraction of sp³-hybridized carbons (Fsp3) is 0.400. The van der Waals surface area contributed by atoms with Crippen LogP contribution >= 0.6 is 0 Å². The minimum atomic E-state index is -0.977. The van der Waals surface area contributed by atoms with Crippen LogP contribution in [0.2, 0.25) is 0 Å². The lowest BCUT2D eigenvalue weighted by atomic mass is 9.82. The molecule has 0 unspecified atom stereocenters. The van der Waals surface area contributed by atoms with E-state index in [2.05, 4.69) is 16.5 Å². The molecule has 1 fully saturated rings. The van der Waals surface area contributed by atoms with Crippen molar-refractivity contribution >= 4 is 23.4 Å². The molecule has 1 aliphatic rings. The number of ether oxygens (including phenoxy) is 1. The molecule has 1 heterocycles. The number of aromatic nitrogens is 2. The molecule has 0 radical (unpaired) electrons. The van der Waals surface area contributed by atoms with Crippen molar-refractivity contribution in [2.45, 2.75) is 44.7 Å². The van der Waals surface area contributed by atoms with Crippen LogP contribution in [0.4, 0.5) is 15.9 Å². The Balaban J connectivity index is 1.86. The minimum absolute atomic E-state index is 0.109. The molecule has 1 amide bonds. The number of halogens is 1. The molecular formula is C20H22FN5O4. The number of hydrogen-bond acceptors (Lipinski definition) is 7. The van der Waals surface area contributed by atoms with Crippen molar-refractivity contribution in [2.75, 3.05) is 5.32 Å². The number of nitrogens with one attached hydrogen (secondary N) is 1. The van der Waals surface area contributed by atoms with Gasteiger partial charge in [0.2, 0.25) is 0 Å². The molecule has 9 nitrogen and oxygen atoms in total. The van der Waals surface area contributed by atoms with E-state index < -0.39 is 42.7 Å². The Morgan fingerprint density at radius 3 is 2.67 bits per heavy atom. The lowest BCUT2D eigenvalue weighted by Crippen LogP contribution is -2.42. The second-order valence-electron chi connectivity index (χ2n) is 7.18. The number of anilines is 2. The van der Waals surface area contributed by atoms with Gasteiger partial charge < -0.3 is 20.9 Å². The third-order valence-electron chi connectivity index (χ3n) is 5.05. The highest BCUT2D eigenvalue weighted by molar-refractivity contribution is 5.98. The summed E-state index contributed by atoms with van der Waals surface area (Å²) in [6.07, 6.45) is -0.0772. The summed E-state index contributed by atoms with van der Waals surface area (Å²) in [5.41, 5.74) is 6.67. The maximum atomic E-state index is 12.7. The lowest BCUT2D eigenvalue weighted by Gasteiger charge is -2.35. The maximum absolute atomic E-state index is 12.7. The highest BCUT2D eigenvalue weighted by atomic mass is 19.1. The van der Waals surface area contributed by atoms with Crippen LogP contribution in [0.25, 0.3) is 0 Å². The predicted octanol–water partition coefficient (Wildman–Crippen LogP) is 1.96. The van der Waals surface area contributed by atoms with Crippen LogP contribution in [0, 0.1) is 17.2 Å². The molecule has 158 valence electrons. The van der Waals surface area contributed by atoms with E-state index >= 15 is 0 Å². The average molecular weight is 415 g/mol. The number of alkyl halides is 1. The van der Waals surface area contributed by atoms with Crippen LogP contribution in [-0.2, 0) is 16.2 Å². The SMILES string of the molecule is CC(=O)O[C@H]1C[C@H](C#N)[C@@H](n2cc(C(N)=O)c(Nc3ccc(CF)cc3)n2)C[C@@H]1O. The zero-order valence-electron chi connectivity index (χ0n) is 16.3. The summed E-state index contributed by atoms with van der Waals surface area (Å²) in [6, 6.07) is 8.10. The third-order valence-corrected chi connectivity index (χ3v) is 5.05. The quantitative estimate of drug-likeness (QED) is 0.612. The molecule has 1 aromatic carbocycles. The molecule has 0 saturated heterocycles. The van der Waals surface area contributed by atoms with E-state index in [9.17, 15) is 24.3 Å². The number of carbonyl (C=O) groups excluding carboxylic acids is 2. The van der Waals surface area contributed by atoms with Crippen LogP contribution in [0.15, 0.2) is 30.5 Å². The Kier molecular flexibility index (Phi) is 6.32. The number of carbonyl (C=O) groups is 2. The van der Waals surface area contributed by atoms with Gasteiger partial charge in [-0.1, -0.05) is 12.1 Å². The van der Waals surface area contributed by atoms with Crippen molar-refractivity contribution in [3.8, 4) is 6.07 Å². The monoisotopic (exact) mass is 415 g/mol. The highest BCUT2D eigenvalue weighted by Crippen LogP contribution is 2.36. The van der Waals surface area contributed by atoms with E-state index in [-0.39, 0.29) is 24.2 Å². The summed E-state index contributed by atoms with van der Waals surface area (Å²) < 4.78 is 19.2. The fourth-order valence-electron chi connectivity index (χ4n) is 3.55. The van der Waals surface area contributed by atoms with E-state index in [1.54, 1.807) is 24.3 Å². The van der Waals surface area contributed by atoms with E-state index in [4.69, 9.17) is 10.5 Å². The smallest absolute Gasteiger partial charge is 0.302 e. The molecule has 1 saturated carbocycles. The summed E-state index contributed by atoms with van der Waals surface area (Å²) in [6.45, 7) is 0.653. The minimum Gasteiger partial charge on any atom is -0.460 e. The number of aliphatic hydroxyl groups is 1. The number of aliphatic hydroxyl groups excluding tert-OH is 1. The molecule has 3 rings (SSSR count). The van der Waals surface area contributed by atoms with Gasteiger partial charge in [-0.25, -0.2) is 4.39 Å². The van der Waals surface area contributed by atoms with Crippen LogP contribution < -0.4 is 11.1 Å². The maximum Gasteiger partial charge on any atom is 0.302 e. The average Bonchev–Trinajstić information content (AvgIpc) is 3.13. The largest absolute Gasteiger partial charge is 0.460 e. The van der Waals surface area contributed by atoms with Gasteiger partial charge in [-0.3, -0.25) is 14.3 Å². The summed E-state index contributed by atoms with van der Waals surface area (Å²) in [5.74, 6) is -1.67. The van der Waals surface area contributed by atoms with Crippen molar-refractivity contribution in [1.82, 2.24) is 9.78 Å². The number of nitriles is 1. The van der Waals surface area contributed by atoms with E-state index in [0.29, 0.717) is 11.3 Å². The molecular weight excluding hydrogens is 393 g/mol. The number of hydrogen-bond donors (Lipinski definition) is 3. The Labute approximate surface area is 172 Å². The molecule has 0 spiro atoms. The number of nitrogens with two attached hydrogens (primary N) is 1. The number of rotatable bonds is 6. The Bertz CT molecular complexity index is 969. The first-order valence-corrected chi connectivity index (χ1v) is 9.38.